The second-order valence-electron chi connectivity index (χ2n) is 6.53. The summed E-state index contributed by atoms with van der Waals surface area (Å²) in [6.07, 6.45) is -0.239. The number of hydrogen-bond acceptors (Lipinski definition) is 3. The number of benzene rings is 2. The summed E-state index contributed by atoms with van der Waals surface area (Å²) in [5.74, 6) is 0.389. The molecule has 3 N–H and O–H groups in total. The van der Waals surface area contributed by atoms with Crippen LogP contribution >= 0.6 is 0 Å². The number of ether oxygens (including phenoxy) is 1. The molecule has 0 fully saturated rings. The molecule has 0 bridgehead atoms. The van der Waals surface area contributed by atoms with Gasteiger partial charge in [-0.05, 0) is 37.5 Å². The van der Waals surface area contributed by atoms with Gasteiger partial charge in [0.25, 0.3) is 0 Å². The molecule has 0 saturated heterocycles. The lowest BCUT2D eigenvalue weighted by atomic mass is 10.1. The van der Waals surface area contributed by atoms with Crippen LogP contribution in [0.3, 0.4) is 0 Å². The number of hydrogen-bond donors (Lipinski definition) is 3. The van der Waals surface area contributed by atoms with Gasteiger partial charge in [-0.25, -0.2) is 4.39 Å². The van der Waals surface area contributed by atoms with Gasteiger partial charge in [0.05, 0.1) is 25.4 Å². The van der Waals surface area contributed by atoms with Crippen LogP contribution in [0.2, 0.25) is 0 Å². The van der Waals surface area contributed by atoms with Gasteiger partial charge in [-0.2, -0.15) is 0 Å². The van der Waals surface area contributed by atoms with E-state index < -0.39 is 6.10 Å². The topological polar surface area (TPSA) is 65.9 Å². The van der Waals surface area contributed by atoms with E-state index in [9.17, 15) is 9.50 Å². The van der Waals surface area contributed by atoms with Crippen molar-refractivity contribution in [2.45, 2.75) is 32.5 Å². The molecule has 152 valence electrons. The highest BCUT2D eigenvalue weighted by molar-refractivity contribution is 5.79. The summed E-state index contributed by atoms with van der Waals surface area (Å²) >= 11 is 0. The van der Waals surface area contributed by atoms with Crippen molar-refractivity contribution in [3.05, 3.63) is 71.5 Å². The van der Waals surface area contributed by atoms with Crippen LogP contribution in [-0.2, 0) is 11.2 Å². The second kappa shape index (κ2) is 12.1. The molecule has 0 radical (unpaired) electrons. The van der Waals surface area contributed by atoms with Crippen LogP contribution in [0.25, 0.3) is 0 Å². The predicted octanol–water partition coefficient (Wildman–Crippen LogP) is 3.06. The molecule has 28 heavy (non-hydrogen) atoms. The number of aliphatic hydroxyl groups excluding tert-OH is 1. The highest BCUT2D eigenvalue weighted by Gasteiger charge is 2.10. The lowest BCUT2D eigenvalue weighted by Crippen LogP contribution is -2.39. The maximum absolute atomic E-state index is 13.7. The van der Waals surface area contributed by atoms with Crippen molar-refractivity contribution in [3.63, 3.8) is 0 Å². The van der Waals surface area contributed by atoms with Gasteiger partial charge < -0.3 is 20.5 Å². The quantitative estimate of drug-likeness (QED) is 0.433. The largest absolute Gasteiger partial charge is 0.389 e. The highest BCUT2D eigenvalue weighted by Crippen LogP contribution is 2.15. The standard InChI is InChI=1S/C22H30FN3O2/c1-3-24-22(25-14-13-19-11-7-8-12-21(19)23)26-15-20(27)16-28-17(2)18-9-5-4-6-10-18/h4-12,17,20,27H,3,13-16H2,1-2H3,(H2,24,25,26). The van der Waals surface area contributed by atoms with Crippen LogP contribution in [0.4, 0.5) is 4.39 Å². The van der Waals surface area contributed by atoms with Crippen LogP contribution in [-0.4, -0.2) is 43.4 Å². The van der Waals surface area contributed by atoms with E-state index in [1.165, 1.54) is 6.07 Å². The minimum absolute atomic E-state index is 0.0908. The first-order valence-electron chi connectivity index (χ1n) is 9.70. The molecule has 2 rings (SSSR count). The molecule has 2 unspecified atom stereocenters. The zero-order valence-corrected chi connectivity index (χ0v) is 16.6. The third kappa shape index (κ3) is 7.66. The first-order chi connectivity index (χ1) is 13.6. The SMILES string of the molecule is CCNC(=NCC(O)COC(C)c1ccccc1)NCCc1ccccc1F. The van der Waals surface area contributed by atoms with Crippen LogP contribution < -0.4 is 10.6 Å². The van der Waals surface area contributed by atoms with Crippen molar-refractivity contribution in [1.82, 2.24) is 10.6 Å². The third-order valence-corrected chi connectivity index (χ3v) is 4.26. The fourth-order valence-corrected chi connectivity index (χ4v) is 2.68. The van der Waals surface area contributed by atoms with Gasteiger partial charge in [-0.1, -0.05) is 48.5 Å². The van der Waals surface area contributed by atoms with Crippen LogP contribution in [0.15, 0.2) is 59.6 Å². The molecule has 2 atom stereocenters. The summed E-state index contributed by atoms with van der Waals surface area (Å²) in [6, 6.07) is 16.6. The fraction of sp³-hybridized carbons (Fsp3) is 0.409. The minimum Gasteiger partial charge on any atom is -0.389 e. The zero-order valence-electron chi connectivity index (χ0n) is 16.6. The van der Waals surface area contributed by atoms with Gasteiger partial charge in [0.15, 0.2) is 5.96 Å². The minimum atomic E-state index is -0.701. The molecule has 2 aromatic rings. The van der Waals surface area contributed by atoms with E-state index in [4.69, 9.17) is 4.74 Å². The third-order valence-electron chi connectivity index (χ3n) is 4.26. The van der Waals surface area contributed by atoms with Gasteiger partial charge >= 0.3 is 0 Å². The molecular weight excluding hydrogens is 357 g/mol. The maximum atomic E-state index is 13.7. The van der Waals surface area contributed by atoms with E-state index in [1.807, 2.05) is 50.2 Å². The van der Waals surface area contributed by atoms with Crippen molar-refractivity contribution in [3.8, 4) is 0 Å². The molecule has 0 saturated carbocycles. The van der Waals surface area contributed by atoms with E-state index in [2.05, 4.69) is 15.6 Å². The van der Waals surface area contributed by atoms with Crippen LogP contribution in [0.1, 0.15) is 31.1 Å². The molecule has 0 heterocycles. The first kappa shape index (κ1) is 21.9. The number of rotatable bonds is 10. The normalized spacial score (nSPS) is 13.8. The Kier molecular flexibility index (Phi) is 9.45. The number of halogens is 1. The first-order valence-corrected chi connectivity index (χ1v) is 9.70. The van der Waals surface area contributed by atoms with Crippen molar-refractivity contribution in [2.24, 2.45) is 4.99 Å². The highest BCUT2D eigenvalue weighted by atomic mass is 19.1. The summed E-state index contributed by atoms with van der Waals surface area (Å²) in [7, 11) is 0. The van der Waals surface area contributed by atoms with Gasteiger partial charge in [-0.15, -0.1) is 0 Å². The van der Waals surface area contributed by atoms with Gasteiger partial charge in [0.2, 0.25) is 0 Å². The fourth-order valence-electron chi connectivity index (χ4n) is 2.68. The molecule has 0 aromatic heterocycles. The van der Waals surface area contributed by atoms with Crippen molar-refractivity contribution in [1.29, 1.82) is 0 Å². The smallest absolute Gasteiger partial charge is 0.191 e. The number of guanidine groups is 1. The Hall–Kier alpha value is -2.44. The summed E-state index contributed by atoms with van der Waals surface area (Å²) in [6.45, 7) is 5.59. The molecule has 6 heteroatoms. The Morgan fingerprint density at radius 3 is 2.54 bits per heavy atom. The zero-order chi connectivity index (χ0) is 20.2. The molecule has 0 aliphatic rings. The van der Waals surface area contributed by atoms with Gasteiger partial charge in [-0.3, -0.25) is 4.99 Å². The lowest BCUT2D eigenvalue weighted by molar-refractivity contribution is 0.00111. The number of aliphatic imine (C=N–C) groups is 1. The molecule has 0 amide bonds. The number of nitrogens with zero attached hydrogens (tertiary/aromatic N) is 1. The molecule has 0 spiro atoms. The molecule has 0 aliphatic carbocycles. The summed E-state index contributed by atoms with van der Waals surface area (Å²) in [5.41, 5.74) is 1.73. The van der Waals surface area contributed by atoms with Crippen molar-refractivity contribution < 1.29 is 14.2 Å². The Morgan fingerprint density at radius 2 is 1.82 bits per heavy atom. The Morgan fingerprint density at radius 1 is 1.11 bits per heavy atom. The van der Waals surface area contributed by atoms with Crippen molar-refractivity contribution >= 4 is 5.96 Å². The van der Waals surface area contributed by atoms with E-state index in [0.717, 1.165) is 5.56 Å². The van der Waals surface area contributed by atoms with E-state index in [-0.39, 0.29) is 25.1 Å². The Labute approximate surface area is 166 Å². The van der Waals surface area contributed by atoms with E-state index >= 15 is 0 Å². The Balaban J connectivity index is 1.76. The second-order valence-corrected chi connectivity index (χ2v) is 6.53. The number of aliphatic hydroxyl groups is 1. The van der Waals surface area contributed by atoms with Gasteiger partial charge in [0.1, 0.15) is 5.82 Å². The maximum Gasteiger partial charge on any atom is 0.191 e. The average Bonchev–Trinajstić information content (AvgIpc) is 2.72. The van der Waals surface area contributed by atoms with E-state index in [1.54, 1.807) is 12.1 Å². The molecule has 0 aliphatic heterocycles. The predicted molar refractivity (Wildman–Crippen MR) is 111 cm³/mol. The molecule has 5 nitrogen and oxygen atoms in total. The average molecular weight is 387 g/mol. The lowest BCUT2D eigenvalue weighted by Gasteiger charge is -2.17. The summed E-state index contributed by atoms with van der Waals surface area (Å²) in [4.78, 5) is 4.39. The van der Waals surface area contributed by atoms with Crippen LogP contribution in [0.5, 0.6) is 0 Å². The monoisotopic (exact) mass is 387 g/mol. The summed E-state index contributed by atoms with van der Waals surface area (Å²) in [5, 5.41) is 16.5. The Bertz CT molecular complexity index is 725. The van der Waals surface area contributed by atoms with E-state index in [0.29, 0.717) is 31.0 Å². The molecule has 2 aromatic carbocycles. The summed E-state index contributed by atoms with van der Waals surface area (Å²) < 4.78 is 19.4. The van der Waals surface area contributed by atoms with Gasteiger partial charge in [0, 0.05) is 13.1 Å². The molecular formula is C22H30FN3O2. The number of nitrogens with one attached hydrogen (secondary N) is 2. The van der Waals surface area contributed by atoms with Crippen molar-refractivity contribution in [2.75, 3.05) is 26.2 Å². The van der Waals surface area contributed by atoms with Crippen LogP contribution in [0, 0.1) is 5.82 Å².